The quantitative estimate of drug-likeness (QED) is 0.00731. The number of nitrogens with two attached hydrogens (primary N) is 5. The lowest BCUT2D eigenvalue weighted by atomic mass is 10.0. The molecule has 0 aliphatic carbocycles. The number of para-hydroxylation sites is 2. The van der Waals surface area contributed by atoms with Gasteiger partial charge in [0.25, 0.3) is 0 Å². The number of thiol groups is 2. The molecular formula is C83H109N23O22S2. The number of phenolic OH excluding ortho intramolecular Hbond substituents is 1. The number of hydrogen-bond donors (Lipinski definition) is 27. The summed E-state index contributed by atoms with van der Waals surface area (Å²) in [6, 6.07) is 5.53. The van der Waals surface area contributed by atoms with Crippen LogP contribution < -0.4 is 103 Å². The zero-order valence-corrected chi connectivity index (χ0v) is 72.4. The third kappa shape index (κ3) is 32.5. The molecule has 1 fully saturated rings. The first-order valence-corrected chi connectivity index (χ1v) is 42.5. The number of likely N-dealkylation sites (tertiary alicyclic amines) is 1. The Bertz CT molecular complexity index is 5100. The van der Waals surface area contributed by atoms with E-state index in [-0.39, 0.29) is 75.1 Å². The van der Waals surface area contributed by atoms with Crippen LogP contribution in [0.2, 0.25) is 0 Å². The number of amides is 18. The molecule has 1 aliphatic heterocycles. The van der Waals surface area contributed by atoms with Gasteiger partial charge in [-0.15, -0.1) is 0 Å². The van der Waals surface area contributed by atoms with E-state index in [1.165, 1.54) is 35.4 Å². The lowest BCUT2D eigenvalue weighted by Gasteiger charge is -2.28. The fraction of sp³-hybridized carbons (Fsp3) is 0.422. The first-order valence-electron chi connectivity index (χ1n) is 41.2. The maximum Gasteiger partial charge on any atom is 0.305 e. The summed E-state index contributed by atoms with van der Waals surface area (Å²) in [4.78, 5) is 267. The summed E-state index contributed by atoms with van der Waals surface area (Å²) in [5, 5.41) is 74.7. The van der Waals surface area contributed by atoms with Gasteiger partial charge in [-0.25, -0.2) is 0 Å². The largest absolute Gasteiger partial charge is 0.508 e. The number of nitrogens with one attached hydrogen (secondary N) is 17. The number of aliphatic hydroxyl groups excluding tert-OH is 1. The maximum absolute atomic E-state index is 15.3. The number of guanidine groups is 1. The fourth-order valence-electron chi connectivity index (χ4n) is 14.0. The highest BCUT2D eigenvalue weighted by Crippen LogP contribution is 2.24. The number of aromatic amines is 2. The number of carbonyl (C=O) groups is 19. The maximum atomic E-state index is 15.3. The number of H-pyrrole nitrogens is 2. The van der Waals surface area contributed by atoms with Gasteiger partial charge in [-0.05, 0) is 91.5 Å². The molecule has 7 rings (SSSR count). The van der Waals surface area contributed by atoms with Crippen LogP contribution in [0.25, 0.3) is 21.8 Å². The van der Waals surface area contributed by atoms with Crippen LogP contribution in [0.3, 0.4) is 0 Å². The van der Waals surface area contributed by atoms with Crippen molar-refractivity contribution in [1.29, 1.82) is 5.41 Å². The third-order valence-electron chi connectivity index (χ3n) is 20.8. The number of primary amides is 4. The van der Waals surface area contributed by atoms with Crippen LogP contribution in [0.5, 0.6) is 5.75 Å². The van der Waals surface area contributed by atoms with Gasteiger partial charge < -0.3 is 133 Å². The number of nitrogens with zero attached hydrogens (tertiary/aromatic N) is 1. The Morgan fingerprint density at radius 3 is 1.28 bits per heavy atom. The van der Waals surface area contributed by atoms with E-state index in [1.54, 1.807) is 85.1 Å². The van der Waals surface area contributed by atoms with E-state index in [9.17, 15) is 96.8 Å². The first kappa shape index (κ1) is 103. The summed E-state index contributed by atoms with van der Waals surface area (Å²) >= 11 is 8.44. The van der Waals surface area contributed by atoms with Crippen LogP contribution in [-0.4, -0.2) is 265 Å². The first-order chi connectivity index (χ1) is 61.8. The predicted octanol–water partition coefficient (Wildman–Crippen LogP) is -6.56. The monoisotopic (exact) mass is 1840 g/mol. The number of aliphatic carboxylic acids is 1. The second kappa shape index (κ2) is 50.8. The second-order valence-electron chi connectivity index (χ2n) is 30.6. The average molecular weight is 1850 g/mol. The second-order valence-corrected chi connectivity index (χ2v) is 31.4. The predicted molar refractivity (Wildman–Crippen MR) is 473 cm³/mol. The molecule has 700 valence electrons. The highest BCUT2D eigenvalue weighted by molar-refractivity contribution is 7.80. The van der Waals surface area contributed by atoms with Crippen LogP contribution in [-0.2, 0) is 117 Å². The number of carboxylic acid groups (broad SMARTS) is 1. The Labute approximate surface area is 754 Å². The van der Waals surface area contributed by atoms with E-state index in [1.807, 2.05) is 0 Å². The molecule has 0 spiro atoms. The van der Waals surface area contributed by atoms with Gasteiger partial charge in [0, 0.05) is 111 Å². The van der Waals surface area contributed by atoms with E-state index < -0.39 is 261 Å². The van der Waals surface area contributed by atoms with Gasteiger partial charge in [0.05, 0.1) is 19.6 Å². The summed E-state index contributed by atoms with van der Waals surface area (Å²) in [5.74, 6) is -21.4. The molecule has 13 atom stereocenters. The lowest BCUT2D eigenvalue weighted by molar-refractivity contribution is -0.141. The van der Waals surface area contributed by atoms with E-state index >= 15 is 9.59 Å². The zero-order chi connectivity index (χ0) is 95.4. The van der Waals surface area contributed by atoms with Gasteiger partial charge in [0.15, 0.2) is 5.96 Å². The lowest BCUT2D eigenvalue weighted by Crippen LogP contribution is -2.62. The summed E-state index contributed by atoms with van der Waals surface area (Å²) in [5.41, 5.74) is 29.9. The molecule has 0 saturated carbocycles. The van der Waals surface area contributed by atoms with Gasteiger partial charge in [0.2, 0.25) is 106 Å². The molecule has 0 radical (unpaired) electrons. The van der Waals surface area contributed by atoms with E-state index in [4.69, 9.17) is 34.1 Å². The topological polar surface area (TPSA) is 742 Å². The molecule has 0 bridgehead atoms. The summed E-state index contributed by atoms with van der Waals surface area (Å²) in [7, 11) is 0. The number of aromatic nitrogens is 2. The number of aromatic hydroxyl groups is 1. The van der Waals surface area contributed by atoms with Crippen molar-refractivity contribution in [2.24, 2.45) is 28.7 Å². The Morgan fingerprint density at radius 1 is 0.446 bits per heavy atom. The van der Waals surface area contributed by atoms with Crippen LogP contribution >= 0.6 is 25.3 Å². The van der Waals surface area contributed by atoms with E-state index in [0.717, 1.165) is 6.92 Å². The molecule has 6 aromatic rings. The zero-order valence-electron chi connectivity index (χ0n) is 70.7. The number of fused-ring (bicyclic) bond motifs is 2. The molecule has 1 saturated heterocycles. The van der Waals surface area contributed by atoms with Gasteiger partial charge in [-0.3, -0.25) is 96.5 Å². The number of hydrogen-bond acceptors (Lipinski definition) is 24. The Kier molecular flexibility index (Phi) is 40.2. The number of carboxylic acids is 1. The van der Waals surface area contributed by atoms with Gasteiger partial charge in [-0.1, -0.05) is 78.9 Å². The Balaban J connectivity index is 1.14. The molecular weight excluding hydrogens is 1740 g/mol. The number of phenols is 1. The van der Waals surface area contributed by atoms with Crippen molar-refractivity contribution >= 4 is 165 Å². The summed E-state index contributed by atoms with van der Waals surface area (Å²) in [6.45, 7) is -0.756. The molecule has 1 aliphatic rings. The van der Waals surface area contributed by atoms with Gasteiger partial charge in [-0.2, -0.15) is 25.3 Å². The minimum atomic E-state index is -2.06. The highest BCUT2D eigenvalue weighted by atomic mass is 32.1. The van der Waals surface area contributed by atoms with Gasteiger partial charge >= 0.3 is 5.97 Å². The van der Waals surface area contributed by atoms with Gasteiger partial charge in [0.1, 0.15) is 84.3 Å². The number of carbonyl (C=O) groups excluding carboxylic acids is 18. The minimum absolute atomic E-state index is 0.0393. The average Bonchev–Trinajstić information content (AvgIpc) is 1.64. The molecule has 45 nitrogen and oxygen atoms in total. The Hall–Kier alpha value is -14.4. The molecule has 130 heavy (non-hydrogen) atoms. The van der Waals surface area contributed by atoms with Crippen LogP contribution in [0.1, 0.15) is 99.8 Å². The van der Waals surface area contributed by atoms with Crippen molar-refractivity contribution in [1.82, 2.24) is 89.3 Å². The summed E-state index contributed by atoms with van der Waals surface area (Å²) in [6.07, 6.45) is -2.20. The van der Waals surface area contributed by atoms with Crippen LogP contribution in [0.15, 0.2) is 116 Å². The number of rotatable bonds is 53. The van der Waals surface area contributed by atoms with Crippen molar-refractivity contribution in [3.8, 4) is 5.75 Å². The smallest absolute Gasteiger partial charge is 0.305 e. The molecule has 18 amide bonds. The normalized spacial score (nSPS) is 15.0. The number of benzene rings is 4. The SMILES string of the molecule is CC(=O)N[C@@H](CS)C(=O)N[C@@H](CCC(N)=O)C(=O)N[C@@H](CC(=O)O)C(=O)N[C@@H](Cc1c[nH]c2ccccc12)C(=O)N[C@@H](CCC(N)=O)C(=O)N[C@@H](CS)C(=O)N[C@@H](Cc1ccc(O)cc1)C(=O)N[C@@H](Cc1c[nH]c2ccccc12)C(=O)N[C@@H](CCCNC(=N)N)C(=O)N[C@@H](CO)C(=O)N[C@@H](Cc1ccccc1)C(=O)NCC(=O)N1CCC[C@H]1C(=O)N[C@@H](CCC(N)=O)C(N)=O. The molecule has 0 unspecified atom stereocenters. The molecule has 47 heteroatoms. The highest BCUT2D eigenvalue weighted by Gasteiger charge is 2.40. The molecule has 4 aromatic carbocycles. The minimum Gasteiger partial charge on any atom is -0.508 e. The number of aliphatic hydroxyl groups is 1. The van der Waals surface area contributed by atoms with E-state index in [2.05, 4.69) is 110 Å². The van der Waals surface area contributed by atoms with Crippen molar-refractivity contribution in [2.45, 2.75) is 182 Å². The molecule has 2 aromatic heterocycles. The summed E-state index contributed by atoms with van der Waals surface area (Å²) < 4.78 is 0. The van der Waals surface area contributed by atoms with E-state index in [0.29, 0.717) is 44.9 Å². The van der Waals surface area contributed by atoms with Crippen molar-refractivity contribution in [3.05, 3.63) is 138 Å². The fourth-order valence-corrected chi connectivity index (χ4v) is 14.5. The molecule has 3 heterocycles. The van der Waals surface area contributed by atoms with Crippen LogP contribution in [0.4, 0.5) is 0 Å². The van der Waals surface area contributed by atoms with Crippen molar-refractivity contribution < 1.29 is 106 Å². The van der Waals surface area contributed by atoms with Crippen molar-refractivity contribution in [2.75, 3.05) is 37.7 Å². The third-order valence-corrected chi connectivity index (χ3v) is 21.5. The van der Waals surface area contributed by atoms with Crippen LogP contribution in [0, 0.1) is 5.41 Å². The standard InChI is InChI=1S/C83H109N23O22S2/c1-42(108)94-62(40-129)80(126)98-54(24-27-66(85)111)73(119)103-60(35-69(114)115)78(124)102-59(34-46-37-92-51-16-8-6-14-49(46)51)77(123)97-55(25-28-67(86)112)74(120)105-63(41-130)81(127)100-57(32-44-19-21-47(109)22-20-44)75(121)101-58(33-45-36-91-50-15-7-5-13-48(45)50)76(122)96-53(17-9-29-90-83(88)89)72(118)104-61(39-107)79(125)99-56(31-43-11-3-2-4-12-43)71(117)93-38-68(113)106-30-10-18-64(106)82(128)95-52(70(87)116)23-26-65(84)110/h2-8,11-16,19-22,36-37,52-64,91-92,107,109,129-130H,9-10,17-18,23-35,38-41H2,1H3,(H2,84,110)(H2,85,111)(H2,86,112)(H2,87,116)(H,93,117)(H,94,108)(H,95,128)(H,96,122)(H,97,123)(H,98,126)(H,99,125)(H,100,127)(H,101,121)(H,102,124)(H,103,119)(H,104,118)(H,105,120)(H,114,115)(H4,88,89,90)/t52-,53-,54-,55-,56-,57-,58-,59-,60-,61-,62-,63-,64-/m0/s1. The van der Waals surface area contributed by atoms with Crippen molar-refractivity contribution in [3.63, 3.8) is 0 Å². The molecule has 30 N–H and O–H groups in total. The Morgan fingerprint density at radius 2 is 0.831 bits per heavy atom.